The maximum Gasteiger partial charge on any atom is 0.405 e. The van der Waals surface area contributed by atoms with Gasteiger partial charge in [-0.2, -0.15) is 0 Å². The molecule has 0 aliphatic heterocycles. The Morgan fingerprint density at radius 1 is 0.925 bits per heavy atom. The van der Waals surface area contributed by atoms with Gasteiger partial charge in [-0.05, 0) is 53.6 Å². The van der Waals surface area contributed by atoms with E-state index in [1.54, 1.807) is 6.20 Å². The molecule has 2 aromatic carbocycles. The van der Waals surface area contributed by atoms with Gasteiger partial charge in [0, 0.05) is 40.4 Å². The van der Waals surface area contributed by atoms with Crippen LogP contribution < -0.4 is 5.73 Å². The van der Waals surface area contributed by atoms with E-state index in [4.69, 9.17) is 15.5 Å². The zero-order valence-electron chi connectivity index (χ0n) is 23.0. The highest BCUT2D eigenvalue weighted by atomic mass is 16.6. The number of carbonyl (C=O) groups excluding carboxylic acids is 1. The Hall–Kier alpha value is -4.58. The topological polar surface area (TPSA) is 91.0 Å². The number of amides is 1. The summed E-state index contributed by atoms with van der Waals surface area (Å²) in [6.45, 7) is 6.55. The van der Waals surface area contributed by atoms with Crippen molar-refractivity contribution in [3.8, 4) is 33.6 Å². The third kappa shape index (κ3) is 4.60. The van der Waals surface area contributed by atoms with Crippen LogP contribution in [0.4, 0.5) is 4.79 Å². The second-order valence-electron chi connectivity index (χ2n) is 11.6. The van der Waals surface area contributed by atoms with E-state index in [0.29, 0.717) is 0 Å². The Kier molecular flexibility index (Phi) is 6.34. The van der Waals surface area contributed by atoms with Crippen molar-refractivity contribution in [2.24, 2.45) is 17.1 Å². The summed E-state index contributed by atoms with van der Waals surface area (Å²) in [6.07, 6.45) is 6.40. The van der Waals surface area contributed by atoms with Crippen LogP contribution in [0.2, 0.25) is 0 Å². The lowest BCUT2D eigenvalue weighted by Crippen LogP contribution is -2.53. The summed E-state index contributed by atoms with van der Waals surface area (Å²) < 4.78 is 5.85. The van der Waals surface area contributed by atoms with Crippen molar-refractivity contribution >= 4 is 17.0 Å². The Balaban J connectivity index is 1.46. The molecule has 3 aromatic heterocycles. The van der Waals surface area contributed by atoms with E-state index in [2.05, 4.69) is 79.3 Å². The Morgan fingerprint density at radius 3 is 2.30 bits per heavy atom. The van der Waals surface area contributed by atoms with Gasteiger partial charge in [-0.15, -0.1) is 0 Å². The normalized spacial score (nSPS) is 18.7. The minimum Gasteiger partial charge on any atom is -0.438 e. The van der Waals surface area contributed by atoms with Gasteiger partial charge in [-0.1, -0.05) is 75.4 Å². The molecule has 1 amide bonds. The summed E-state index contributed by atoms with van der Waals surface area (Å²) in [5, 5.41) is 1.00. The highest BCUT2D eigenvalue weighted by molar-refractivity contribution is 5.92. The Labute approximate surface area is 234 Å². The van der Waals surface area contributed by atoms with Gasteiger partial charge in [0.05, 0.1) is 23.1 Å². The number of ether oxygens (including phenoxy) is 1. The van der Waals surface area contributed by atoms with E-state index < -0.39 is 11.7 Å². The lowest BCUT2D eigenvalue weighted by Gasteiger charge is -2.54. The Morgan fingerprint density at radius 2 is 1.68 bits per heavy atom. The highest BCUT2D eigenvalue weighted by Gasteiger charge is 2.55. The fourth-order valence-corrected chi connectivity index (χ4v) is 6.11. The lowest BCUT2D eigenvalue weighted by atomic mass is 9.56. The van der Waals surface area contributed by atoms with Crippen molar-refractivity contribution in [3.63, 3.8) is 0 Å². The van der Waals surface area contributed by atoms with Crippen LogP contribution in [0, 0.1) is 11.3 Å². The van der Waals surface area contributed by atoms with Crippen LogP contribution in [-0.4, -0.2) is 21.0 Å². The number of fused-ring (bicyclic) bond motifs is 1. The first kappa shape index (κ1) is 25.7. The van der Waals surface area contributed by atoms with Gasteiger partial charge in [0.25, 0.3) is 0 Å². The molecule has 200 valence electrons. The second kappa shape index (κ2) is 9.87. The van der Waals surface area contributed by atoms with Crippen molar-refractivity contribution in [3.05, 3.63) is 103 Å². The van der Waals surface area contributed by atoms with Crippen LogP contribution in [0.3, 0.4) is 0 Å². The zero-order chi connectivity index (χ0) is 27.9. The number of hydrogen-bond acceptors (Lipinski definition) is 5. The smallest absolute Gasteiger partial charge is 0.405 e. The van der Waals surface area contributed by atoms with Crippen molar-refractivity contribution in [2.45, 2.75) is 39.2 Å². The molecule has 0 bridgehead atoms. The molecule has 1 fully saturated rings. The van der Waals surface area contributed by atoms with Gasteiger partial charge in [-0.3, -0.25) is 9.97 Å². The Bertz CT molecular complexity index is 1680. The SMILES string of the molecule is CC(C)(C)C1CCC1(OC(N)=O)c1ccc(-c2nc3cnc(-c4cccnc4)cc3cc2-c2ccccc2)cc1. The first-order chi connectivity index (χ1) is 19.2. The molecule has 5 aromatic rings. The van der Waals surface area contributed by atoms with Crippen LogP contribution in [0.25, 0.3) is 44.5 Å². The van der Waals surface area contributed by atoms with Gasteiger partial charge in [-0.25, -0.2) is 9.78 Å². The molecule has 2 N–H and O–H groups in total. The third-order valence-corrected chi connectivity index (χ3v) is 8.09. The standard InChI is InChI=1S/C34H32N4O2/c1-33(2,3)30-15-16-34(30,40-32(35)39)26-13-11-23(12-14-26)31-27(22-8-5-4-6-9-22)18-25-19-28(37-21-29(25)38-31)24-10-7-17-36-20-24/h4-14,17-21,30H,15-16H2,1-3H3,(H2,35,39). The van der Waals surface area contributed by atoms with Crippen molar-refractivity contribution in [2.75, 3.05) is 0 Å². The van der Waals surface area contributed by atoms with E-state index in [0.717, 1.165) is 62.9 Å². The predicted octanol–water partition coefficient (Wildman–Crippen LogP) is 7.77. The van der Waals surface area contributed by atoms with Gasteiger partial charge in [0.1, 0.15) is 5.60 Å². The second-order valence-corrected chi connectivity index (χ2v) is 11.6. The number of nitrogens with zero attached hydrogens (tertiary/aromatic N) is 3. The maximum absolute atomic E-state index is 12.0. The van der Waals surface area contributed by atoms with Crippen molar-refractivity contribution < 1.29 is 9.53 Å². The van der Waals surface area contributed by atoms with E-state index >= 15 is 0 Å². The third-order valence-electron chi connectivity index (χ3n) is 8.09. The average Bonchev–Trinajstić information content (AvgIpc) is 2.94. The first-order valence-corrected chi connectivity index (χ1v) is 13.6. The molecule has 0 saturated heterocycles. The number of pyridine rings is 3. The number of rotatable bonds is 5. The highest BCUT2D eigenvalue weighted by Crippen LogP contribution is 2.57. The van der Waals surface area contributed by atoms with Gasteiger partial charge in [0.15, 0.2) is 0 Å². The number of primary amides is 1. The molecule has 1 aliphatic carbocycles. The average molecular weight is 529 g/mol. The molecule has 1 aliphatic rings. The number of benzene rings is 2. The molecule has 6 nitrogen and oxygen atoms in total. The number of hydrogen-bond donors (Lipinski definition) is 1. The summed E-state index contributed by atoms with van der Waals surface area (Å²) in [6, 6.07) is 26.7. The van der Waals surface area contributed by atoms with E-state index in [1.165, 1.54) is 0 Å². The number of nitrogens with two attached hydrogens (primary N) is 1. The fourth-order valence-electron chi connectivity index (χ4n) is 6.11. The fraction of sp³-hybridized carbons (Fsp3) is 0.235. The lowest BCUT2D eigenvalue weighted by molar-refractivity contribution is -0.144. The molecular weight excluding hydrogens is 496 g/mol. The van der Waals surface area contributed by atoms with Gasteiger partial charge in [0.2, 0.25) is 0 Å². The zero-order valence-corrected chi connectivity index (χ0v) is 23.0. The van der Waals surface area contributed by atoms with Crippen LogP contribution >= 0.6 is 0 Å². The predicted molar refractivity (Wildman–Crippen MR) is 158 cm³/mol. The quantitative estimate of drug-likeness (QED) is 0.252. The summed E-state index contributed by atoms with van der Waals surface area (Å²) in [5.41, 5.74) is 12.4. The molecule has 0 radical (unpaired) electrons. The minimum absolute atomic E-state index is 0.0333. The molecule has 6 rings (SSSR count). The van der Waals surface area contributed by atoms with Crippen LogP contribution in [0.15, 0.2) is 97.5 Å². The summed E-state index contributed by atoms with van der Waals surface area (Å²) in [4.78, 5) is 26.0. The largest absolute Gasteiger partial charge is 0.438 e. The van der Waals surface area contributed by atoms with E-state index in [9.17, 15) is 4.79 Å². The van der Waals surface area contributed by atoms with Gasteiger partial charge < -0.3 is 10.5 Å². The number of aromatic nitrogens is 3. The molecule has 40 heavy (non-hydrogen) atoms. The van der Waals surface area contributed by atoms with E-state index in [1.807, 2.05) is 42.7 Å². The maximum atomic E-state index is 12.0. The molecule has 1 saturated carbocycles. The molecule has 3 heterocycles. The summed E-state index contributed by atoms with van der Waals surface area (Å²) in [5.74, 6) is 0.178. The first-order valence-electron chi connectivity index (χ1n) is 13.6. The van der Waals surface area contributed by atoms with Crippen LogP contribution in [-0.2, 0) is 10.3 Å². The van der Waals surface area contributed by atoms with Crippen molar-refractivity contribution in [1.29, 1.82) is 0 Å². The van der Waals surface area contributed by atoms with Gasteiger partial charge >= 0.3 is 6.09 Å². The van der Waals surface area contributed by atoms with Crippen molar-refractivity contribution in [1.82, 2.24) is 15.0 Å². The van der Waals surface area contributed by atoms with Crippen LogP contribution in [0.5, 0.6) is 0 Å². The van der Waals surface area contributed by atoms with Crippen LogP contribution in [0.1, 0.15) is 39.2 Å². The molecule has 6 heteroatoms. The molecule has 2 unspecified atom stereocenters. The summed E-state index contributed by atoms with van der Waals surface area (Å²) >= 11 is 0. The number of carbonyl (C=O) groups is 1. The monoisotopic (exact) mass is 528 g/mol. The molecule has 2 atom stereocenters. The van der Waals surface area contributed by atoms with E-state index in [-0.39, 0.29) is 11.3 Å². The summed E-state index contributed by atoms with van der Waals surface area (Å²) in [7, 11) is 0. The molecular formula is C34H32N4O2. The molecule has 0 spiro atoms. The minimum atomic E-state index is -0.737.